The molecule has 2 N–H and O–H groups in total. The lowest BCUT2D eigenvalue weighted by Crippen LogP contribution is -2.11. The second-order valence-electron chi connectivity index (χ2n) is 5.04. The van der Waals surface area contributed by atoms with Crippen molar-refractivity contribution >= 4 is 40.5 Å². The van der Waals surface area contributed by atoms with E-state index < -0.39 is 0 Å². The molecule has 0 aliphatic rings. The fraction of sp³-hybridized carbons (Fsp3) is 0.188. The topological polar surface area (TPSA) is 73.8 Å². The van der Waals surface area contributed by atoms with Crippen LogP contribution in [0.2, 0.25) is 5.02 Å². The van der Waals surface area contributed by atoms with Crippen LogP contribution in [0.3, 0.4) is 0 Å². The van der Waals surface area contributed by atoms with Crippen molar-refractivity contribution < 1.29 is 4.79 Å². The van der Waals surface area contributed by atoms with E-state index in [1.54, 1.807) is 12.1 Å². The zero-order valence-electron chi connectivity index (χ0n) is 12.7. The van der Waals surface area contributed by atoms with Gasteiger partial charge in [-0.25, -0.2) is 4.68 Å². The number of nitrogens with two attached hydrogens (primary N) is 1. The van der Waals surface area contributed by atoms with Crippen LogP contribution in [-0.4, -0.2) is 26.4 Å². The highest BCUT2D eigenvalue weighted by molar-refractivity contribution is 7.99. The molecule has 1 aromatic carbocycles. The van der Waals surface area contributed by atoms with Crippen LogP contribution >= 0.6 is 34.7 Å². The van der Waals surface area contributed by atoms with Crippen molar-refractivity contribution in [3.05, 3.63) is 51.7 Å². The Hall–Kier alpha value is -1.83. The lowest BCUT2D eigenvalue weighted by atomic mass is 10.2. The molecule has 0 atom stereocenters. The second-order valence-corrected chi connectivity index (χ2v) is 7.48. The molecule has 0 aliphatic carbocycles. The first-order valence-corrected chi connectivity index (χ1v) is 9.55. The summed E-state index contributed by atoms with van der Waals surface area (Å²) in [5, 5.41) is 11.4. The number of hydrogen-bond donors (Lipinski definition) is 1. The minimum atomic E-state index is 0.182. The maximum absolute atomic E-state index is 11.9. The Balaban J connectivity index is 1.55. The van der Waals surface area contributed by atoms with Gasteiger partial charge in [0.25, 0.3) is 0 Å². The van der Waals surface area contributed by atoms with Crippen LogP contribution < -0.4 is 5.84 Å². The molecule has 3 aromatic rings. The number of nitrogens with zero attached hydrogens (tertiary/aromatic N) is 3. The van der Waals surface area contributed by atoms with Gasteiger partial charge in [-0.1, -0.05) is 29.4 Å². The van der Waals surface area contributed by atoms with Crippen molar-refractivity contribution in [1.29, 1.82) is 0 Å². The van der Waals surface area contributed by atoms with Crippen LogP contribution in [0.25, 0.3) is 11.4 Å². The van der Waals surface area contributed by atoms with Gasteiger partial charge in [0.2, 0.25) is 5.16 Å². The van der Waals surface area contributed by atoms with E-state index in [2.05, 4.69) is 10.2 Å². The number of thioether (sulfide) groups is 1. The summed E-state index contributed by atoms with van der Waals surface area (Å²) < 4.78 is 1.47. The van der Waals surface area contributed by atoms with E-state index in [1.165, 1.54) is 27.8 Å². The summed E-state index contributed by atoms with van der Waals surface area (Å²) in [5.41, 5.74) is 0.856. The third-order valence-electron chi connectivity index (χ3n) is 3.34. The Kier molecular flexibility index (Phi) is 5.55. The third kappa shape index (κ3) is 3.98. The van der Waals surface area contributed by atoms with Crippen LogP contribution in [0.5, 0.6) is 0 Å². The normalized spacial score (nSPS) is 10.9. The maximum atomic E-state index is 11.9. The van der Waals surface area contributed by atoms with Crippen molar-refractivity contribution in [2.45, 2.75) is 18.0 Å². The Bertz CT molecular complexity index is 815. The summed E-state index contributed by atoms with van der Waals surface area (Å²) >= 11 is 8.86. The molecule has 0 amide bonds. The molecule has 5 nitrogen and oxygen atoms in total. The number of carbonyl (C=O) groups excluding carboxylic acids is 1. The van der Waals surface area contributed by atoms with Crippen LogP contribution in [0.1, 0.15) is 22.5 Å². The number of halogens is 1. The number of rotatable bonds is 7. The third-order valence-corrected chi connectivity index (χ3v) is 5.53. The predicted molar refractivity (Wildman–Crippen MR) is 99.2 cm³/mol. The molecule has 0 aliphatic heterocycles. The number of carbonyl (C=O) groups is 1. The Morgan fingerprint density at radius 2 is 2.04 bits per heavy atom. The Morgan fingerprint density at radius 3 is 2.75 bits per heavy atom. The van der Waals surface area contributed by atoms with Crippen LogP contribution in [0, 0.1) is 0 Å². The zero-order chi connectivity index (χ0) is 16.9. The average molecular weight is 379 g/mol. The van der Waals surface area contributed by atoms with Gasteiger partial charge in [-0.15, -0.1) is 21.5 Å². The molecule has 2 heterocycles. The average Bonchev–Trinajstić information content (AvgIpc) is 3.23. The molecule has 0 fully saturated rings. The number of Topliss-reactive ketones (excluding diaryl/α,β-unsaturated/α-hetero) is 1. The van der Waals surface area contributed by atoms with E-state index in [-0.39, 0.29) is 5.78 Å². The molecule has 24 heavy (non-hydrogen) atoms. The zero-order valence-corrected chi connectivity index (χ0v) is 15.1. The van der Waals surface area contributed by atoms with Gasteiger partial charge in [0.15, 0.2) is 11.6 Å². The lowest BCUT2D eigenvalue weighted by Gasteiger charge is -2.04. The fourth-order valence-corrected chi connectivity index (χ4v) is 3.74. The highest BCUT2D eigenvalue weighted by atomic mass is 35.5. The minimum Gasteiger partial charge on any atom is -0.335 e. The second kappa shape index (κ2) is 7.83. The Labute approximate surface area is 152 Å². The van der Waals surface area contributed by atoms with E-state index in [0.717, 1.165) is 22.6 Å². The van der Waals surface area contributed by atoms with Gasteiger partial charge >= 0.3 is 0 Å². The van der Waals surface area contributed by atoms with E-state index in [9.17, 15) is 4.79 Å². The quantitative estimate of drug-likeness (QED) is 0.289. The highest BCUT2D eigenvalue weighted by Gasteiger charge is 2.12. The number of ketones is 1. The van der Waals surface area contributed by atoms with E-state index in [1.807, 2.05) is 29.6 Å². The van der Waals surface area contributed by atoms with Gasteiger partial charge in [0.05, 0.1) is 4.88 Å². The van der Waals surface area contributed by atoms with Gasteiger partial charge in [-0.05, 0) is 42.1 Å². The number of benzene rings is 1. The van der Waals surface area contributed by atoms with Gasteiger partial charge in [-0.2, -0.15) is 0 Å². The first kappa shape index (κ1) is 17.0. The van der Waals surface area contributed by atoms with Crippen molar-refractivity contribution in [3.8, 4) is 11.4 Å². The lowest BCUT2D eigenvalue weighted by molar-refractivity contribution is 0.0986. The molecule has 8 heteroatoms. The molecular weight excluding hydrogens is 364 g/mol. The number of nitrogen functional groups attached to an aromatic ring is 1. The van der Waals surface area contributed by atoms with Gasteiger partial charge < -0.3 is 5.84 Å². The molecule has 0 bridgehead atoms. The molecular formula is C16H15ClN4OS2. The van der Waals surface area contributed by atoms with Crippen molar-refractivity contribution in [3.63, 3.8) is 0 Å². The summed E-state index contributed by atoms with van der Waals surface area (Å²) in [4.78, 5) is 12.7. The van der Waals surface area contributed by atoms with Crippen LogP contribution in [-0.2, 0) is 0 Å². The van der Waals surface area contributed by atoms with E-state index in [0.29, 0.717) is 22.4 Å². The summed E-state index contributed by atoms with van der Waals surface area (Å²) in [7, 11) is 0. The fourth-order valence-electron chi connectivity index (χ4n) is 2.13. The van der Waals surface area contributed by atoms with E-state index in [4.69, 9.17) is 17.4 Å². The largest absolute Gasteiger partial charge is 0.335 e. The molecule has 0 saturated heterocycles. The monoisotopic (exact) mass is 378 g/mol. The smallest absolute Gasteiger partial charge is 0.210 e. The molecule has 0 unspecified atom stereocenters. The molecule has 124 valence electrons. The molecule has 0 saturated carbocycles. The molecule has 3 rings (SSSR count). The first-order valence-electron chi connectivity index (χ1n) is 7.31. The van der Waals surface area contributed by atoms with Crippen LogP contribution in [0.15, 0.2) is 46.9 Å². The van der Waals surface area contributed by atoms with Gasteiger partial charge in [0.1, 0.15) is 0 Å². The molecule has 0 radical (unpaired) electrons. The van der Waals surface area contributed by atoms with E-state index >= 15 is 0 Å². The first-order chi connectivity index (χ1) is 11.6. The molecule has 0 spiro atoms. The summed E-state index contributed by atoms with van der Waals surface area (Å²) in [6.45, 7) is 0. The molecule has 2 aromatic heterocycles. The number of thiophene rings is 1. The summed E-state index contributed by atoms with van der Waals surface area (Å²) in [5.74, 6) is 7.59. The van der Waals surface area contributed by atoms with Gasteiger partial charge in [0, 0.05) is 22.8 Å². The van der Waals surface area contributed by atoms with Crippen molar-refractivity contribution in [1.82, 2.24) is 14.9 Å². The van der Waals surface area contributed by atoms with Crippen LogP contribution in [0.4, 0.5) is 0 Å². The standard InChI is InChI=1S/C16H15ClN4OS2/c17-12-7-5-11(6-8-12)15-19-20-16(21(15)18)24-10-1-3-13(22)14-4-2-9-23-14/h2,4-9H,1,3,10,18H2. The van der Waals surface area contributed by atoms with Crippen molar-refractivity contribution in [2.75, 3.05) is 11.6 Å². The SMILES string of the molecule is Nn1c(SCCCC(=O)c2cccs2)nnc1-c1ccc(Cl)cc1. The summed E-state index contributed by atoms with van der Waals surface area (Å²) in [6, 6.07) is 11.0. The minimum absolute atomic E-state index is 0.182. The number of aromatic nitrogens is 3. The maximum Gasteiger partial charge on any atom is 0.210 e. The number of hydrogen-bond acceptors (Lipinski definition) is 6. The summed E-state index contributed by atoms with van der Waals surface area (Å²) in [6.07, 6.45) is 1.29. The Morgan fingerprint density at radius 1 is 1.25 bits per heavy atom. The predicted octanol–water partition coefficient (Wildman–Crippen LogP) is 4.13. The van der Waals surface area contributed by atoms with Crippen molar-refractivity contribution in [2.24, 2.45) is 0 Å². The highest BCUT2D eigenvalue weighted by Crippen LogP contribution is 2.24. The van der Waals surface area contributed by atoms with Gasteiger partial charge in [-0.3, -0.25) is 4.79 Å².